The minimum atomic E-state index is -0.181. The van der Waals surface area contributed by atoms with Crippen molar-refractivity contribution >= 4 is 5.91 Å². The summed E-state index contributed by atoms with van der Waals surface area (Å²) in [6.07, 6.45) is 4.42. The topological polar surface area (TPSA) is 73.4 Å². The van der Waals surface area contributed by atoms with Crippen LogP contribution in [0.5, 0.6) is 5.75 Å². The van der Waals surface area contributed by atoms with E-state index in [1.807, 2.05) is 37.4 Å². The molecule has 0 radical (unpaired) electrons. The number of imidazole rings is 1. The zero-order chi connectivity index (χ0) is 18.1. The highest BCUT2D eigenvalue weighted by molar-refractivity contribution is 5.91. The molecule has 0 saturated heterocycles. The van der Waals surface area contributed by atoms with Crippen molar-refractivity contribution in [2.24, 2.45) is 0 Å². The fraction of sp³-hybridized carbons (Fsp3) is 0.316. The summed E-state index contributed by atoms with van der Waals surface area (Å²) in [5.74, 6) is 1.70. The van der Waals surface area contributed by atoms with Gasteiger partial charge in [-0.25, -0.2) is 4.98 Å². The monoisotopic (exact) mass is 352 g/mol. The van der Waals surface area contributed by atoms with E-state index in [4.69, 9.17) is 9.26 Å². The third-order valence-corrected chi connectivity index (χ3v) is 4.73. The summed E-state index contributed by atoms with van der Waals surface area (Å²) in [6.45, 7) is 3.02. The van der Waals surface area contributed by atoms with Gasteiger partial charge in [-0.2, -0.15) is 0 Å². The lowest BCUT2D eigenvalue weighted by Crippen LogP contribution is -2.41. The average molecular weight is 352 g/mol. The van der Waals surface area contributed by atoms with Crippen LogP contribution in [0.3, 0.4) is 0 Å². The van der Waals surface area contributed by atoms with Gasteiger partial charge in [0.2, 0.25) is 5.76 Å². The Morgan fingerprint density at radius 3 is 3.04 bits per heavy atom. The normalized spacial score (nSPS) is 16.4. The van der Waals surface area contributed by atoms with Crippen LogP contribution in [0.25, 0.3) is 0 Å². The Kier molecular flexibility index (Phi) is 4.20. The molecular formula is C19H20N4O3. The van der Waals surface area contributed by atoms with Crippen LogP contribution in [0.15, 0.2) is 47.2 Å². The molecule has 7 heteroatoms. The molecule has 134 valence electrons. The predicted octanol–water partition coefficient (Wildman–Crippen LogP) is 2.84. The van der Waals surface area contributed by atoms with Gasteiger partial charge in [-0.3, -0.25) is 4.79 Å². The molecule has 1 amide bonds. The van der Waals surface area contributed by atoms with E-state index >= 15 is 0 Å². The molecule has 1 aliphatic heterocycles. The fourth-order valence-electron chi connectivity index (χ4n) is 3.27. The van der Waals surface area contributed by atoms with Crippen molar-refractivity contribution in [3.8, 4) is 5.75 Å². The molecule has 0 aliphatic carbocycles. The summed E-state index contributed by atoms with van der Waals surface area (Å²) >= 11 is 0. The SMILES string of the molecule is CCc1cc(C(=O)N2Cc3nccn3C[C@@H]2c2cccc(OC)c2)on1. The second-order valence-electron chi connectivity index (χ2n) is 6.26. The van der Waals surface area contributed by atoms with Crippen LogP contribution < -0.4 is 4.74 Å². The predicted molar refractivity (Wildman–Crippen MR) is 93.7 cm³/mol. The van der Waals surface area contributed by atoms with Crippen molar-refractivity contribution < 1.29 is 14.1 Å². The lowest BCUT2D eigenvalue weighted by molar-refractivity contribution is 0.0542. The Labute approximate surface area is 151 Å². The summed E-state index contributed by atoms with van der Waals surface area (Å²) in [5.41, 5.74) is 1.78. The smallest absolute Gasteiger partial charge is 0.293 e. The molecule has 3 aromatic rings. The van der Waals surface area contributed by atoms with E-state index < -0.39 is 0 Å². The third kappa shape index (κ3) is 2.85. The van der Waals surface area contributed by atoms with Gasteiger partial charge in [0, 0.05) is 25.0 Å². The van der Waals surface area contributed by atoms with E-state index in [1.54, 1.807) is 24.3 Å². The number of amides is 1. The third-order valence-electron chi connectivity index (χ3n) is 4.73. The first-order chi connectivity index (χ1) is 12.7. The number of aromatic nitrogens is 3. The van der Waals surface area contributed by atoms with E-state index in [-0.39, 0.29) is 17.7 Å². The van der Waals surface area contributed by atoms with E-state index in [1.165, 1.54) is 0 Å². The maximum Gasteiger partial charge on any atom is 0.293 e. The van der Waals surface area contributed by atoms with Gasteiger partial charge in [-0.1, -0.05) is 24.2 Å². The number of carbonyl (C=O) groups excluding carboxylic acids is 1. The van der Waals surface area contributed by atoms with Crippen LogP contribution >= 0.6 is 0 Å². The highest BCUT2D eigenvalue weighted by Crippen LogP contribution is 2.32. The number of carbonyl (C=O) groups is 1. The highest BCUT2D eigenvalue weighted by atomic mass is 16.5. The van der Waals surface area contributed by atoms with Crippen LogP contribution in [0.1, 0.15) is 40.6 Å². The number of methoxy groups -OCH3 is 1. The van der Waals surface area contributed by atoms with Crippen molar-refractivity contribution in [1.29, 1.82) is 0 Å². The highest BCUT2D eigenvalue weighted by Gasteiger charge is 2.34. The van der Waals surface area contributed by atoms with E-state index in [0.717, 1.165) is 29.3 Å². The van der Waals surface area contributed by atoms with E-state index in [9.17, 15) is 4.79 Å². The number of fused-ring (bicyclic) bond motifs is 1. The number of benzene rings is 1. The Hall–Kier alpha value is -3.09. The Bertz CT molecular complexity index is 930. The quantitative estimate of drug-likeness (QED) is 0.722. The fourth-order valence-corrected chi connectivity index (χ4v) is 3.27. The van der Waals surface area contributed by atoms with Gasteiger partial charge in [-0.05, 0) is 24.1 Å². The standard InChI is InChI=1S/C19H20N4O3/c1-3-14-10-17(26-21-14)19(24)23-12-18-20-7-8-22(18)11-16(23)13-5-4-6-15(9-13)25-2/h4-10,16H,3,11-12H2,1-2H3/t16-/m1/s1. The lowest BCUT2D eigenvalue weighted by Gasteiger charge is -2.36. The Morgan fingerprint density at radius 1 is 1.38 bits per heavy atom. The zero-order valence-corrected chi connectivity index (χ0v) is 14.8. The van der Waals surface area contributed by atoms with Gasteiger partial charge in [0.15, 0.2) is 0 Å². The van der Waals surface area contributed by atoms with Crippen molar-refractivity contribution in [3.63, 3.8) is 0 Å². The van der Waals surface area contributed by atoms with E-state index in [2.05, 4.69) is 14.7 Å². The molecule has 1 aromatic carbocycles. The van der Waals surface area contributed by atoms with Crippen LogP contribution in [-0.4, -0.2) is 32.6 Å². The molecule has 0 unspecified atom stereocenters. The summed E-state index contributed by atoms with van der Waals surface area (Å²) in [6, 6.07) is 9.37. The van der Waals surface area contributed by atoms with Crippen molar-refractivity contribution in [2.45, 2.75) is 32.5 Å². The molecule has 4 rings (SSSR count). The maximum absolute atomic E-state index is 13.1. The number of hydrogen-bond acceptors (Lipinski definition) is 5. The minimum absolute atomic E-state index is 0.144. The molecule has 0 N–H and O–H groups in total. The maximum atomic E-state index is 13.1. The number of rotatable bonds is 4. The van der Waals surface area contributed by atoms with Crippen LogP contribution in [0.2, 0.25) is 0 Å². The van der Waals surface area contributed by atoms with Gasteiger partial charge in [0.25, 0.3) is 5.91 Å². The lowest BCUT2D eigenvalue weighted by atomic mass is 10.0. The van der Waals surface area contributed by atoms with Crippen LogP contribution in [-0.2, 0) is 19.5 Å². The minimum Gasteiger partial charge on any atom is -0.497 e. The molecule has 0 fully saturated rings. The molecule has 3 heterocycles. The number of nitrogens with zero attached hydrogens (tertiary/aromatic N) is 4. The first-order valence-electron chi connectivity index (χ1n) is 8.60. The molecule has 0 saturated carbocycles. The van der Waals surface area contributed by atoms with Gasteiger partial charge >= 0.3 is 0 Å². The Balaban J connectivity index is 1.72. The summed E-state index contributed by atoms with van der Waals surface area (Å²) in [4.78, 5) is 19.3. The first-order valence-corrected chi connectivity index (χ1v) is 8.60. The van der Waals surface area contributed by atoms with Gasteiger partial charge < -0.3 is 18.7 Å². The second-order valence-corrected chi connectivity index (χ2v) is 6.26. The van der Waals surface area contributed by atoms with Crippen LogP contribution in [0, 0.1) is 0 Å². The average Bonchev–Trinajstić information content (AvgIpc) is 3.35. The molecule has 1 aliphatic rings. The summed E-state index contributed by atoms with van der Waals surface area (Å²) in [7, 11) is 1.64. The Morgan fingerprint density at radius 2 is 2.27 bits per heavy atom. The molecule has 26 heavy (non-hydrogen) atoms. The first kappa shape index (κ1) is 16.4. The van der Waals surface area contributed by atoms with E-state index in [0.29, 0.717) is 13.1 Å². The molecule has 0 bridgehead atoms. The summed E-state index contributed by atoms with van der Waals surface area (Å²) in [5, 5.41) is 3.95. The number of aryl methyl sites for hydroxylation is 1. The van der Waals surface area contributed by atoms with Crippen molar-refractivity contribution in [1.82, 2.24) is 19.6 Å². The van der Waals surface area contributed by atoms with Gasteiger partial charge in [0.1, 0.15) is 11.6 Å². The number of hydrogen-bond donors (Lipinski definition) is 0. The molecule has 7 nitrogen and oxygen atoms in total. The van der Waals surface area contributed by atoms with Gasteiger partial charge in [-0.15, -0.1) is 0 Å². The molecular weight excluding hydrogens is 332 g/mol. The van der Waals surface area contributed by atoms with Crippen molar-refractivity contribution in [3.05, 3.63) is 65.6 Å². The zero-order valence-electron chi connectivity index (χ0n) is 14.8. The summed E-state index contributed by atoms with van der Waals surface area (Å²) < 4.78 is 12.7. The number of ether oxygens (including phenoxy) is 1. The molecule has 2 aromatic heterocycles. The van der Waals surface area contributed by atoms with Crippen molar-refractivity contribution in [2.75, 3.05) is 7.11 Å². The largest absolute Gasteiger partial charge is 0.497 e. The van der Waals surface area contributed by atoms with Gasteiger partial charge in [0.05, 0.1) is 25.4 Å². The second kappa shape index (κ2) is 6.67. The molecule has 0 spiro atoms. The van der Waals surface area contributed by atoms with Crippen LogP contribution in [0.4, 0.5) is 0 Å². The molecule has 1 atom stereocenters.